The van der Waals surface area contributed by atoms with Crippen LogP contribution >= 0.6 is 0 Å². The molecular formula is C12H19N3O4S. The Morgan fingerprint density at radius 3 is 2.80 bits per heavy atom. The van der Waals surface area contributed by atoms with Crippen molar-refractivity contribution in [2.75, 3.05) is 26.7 Å². The first-order valence-corrected chi connectivity index (χ1v) is 7.84. The van der Waals surface area contributed by atoms with Gasteiger partial charge in [0.2, 0.25) is 10.0 Å². The maximum Gasteiger partial charge on any atom is 0.270 e. The van der Waals surface area contributed by atoms with Gasteiger partial charge in [0.05, 0.1) is 12.7 Å². The summed E-state index contributed by atoms with van der Waals surface area (Å²) in [5, 5.41) is 0. The van der Waals surface area contributed by atoms with Crippen molar-refractivity contribution in [2.45, 2.75) is 17.9 Å². The van der Waals surface area contributed by atoms with Crippen LogP contribution in [0.2, 0.25) is 0 Å². The molecule has 0 radical (unpaired) electrons. The summed E-state index contributed by atoms with van der Waals surface area (Å²) in [5.74, 6) is -0.180. The van der Waals surface area contributed by atoms with E-state index < -0.39 is 10.0 Å². The minimum absolute atomic E-state index is 0.00604. The molecule has 1 aromatic heterocycles. The van der Waals surface area contributed by atoms with E-state index in [1.165, 1.54) is 23.9 Å². The van der Waals surface area contributed by atoms with Crippen molar-refractivity contribution >= 4 is 15.9 Å². The molecule has 20 heavy (non-hydrogen) atoms. The maximum absolute atomic E-state index is 12.4. The lowest BCUT2D eigenvalue weighted by atomic mass is 10.2. The van der Waals surface area contributed by atoms with Crippen LogP contribution in [-0.4, -0.2) is 56.6 Å². The number of carbonyl (C=O) groups excluding carboxylic acids is 1. The first-order chi connectivity index (χ1) is 9.35. The second-order valence-electron chi connectivity index (χ2n) is 4.81. The molecule has 0 bridgehead atoms. The van der Waals surface area contributed by atoms with Gasteiger partial charge in [-0.25, -0.2) is 13.1 Å². The van der Waals surface area contributed by atoms with Crippen LogP contribution in [0.5, 0.6) is 0 Å². The van der Waals surface area contributed by atoms with E-state index in [9.17, 15) is 13.2 Å². The molecule has 7 nitrogen and oxygen atoms in total. The minimum Gasteiger partial charge on any atom is -0.375 e. The summed E-state index contributed by atoms with van der Waals surface area (Å²) < 4.78 is 32.7. The Morgan fingerprint density at radius 1 is 1.50 bits per heavy atom. The molecule has 1 aliphatic heterocycles. The molecule has 0 aromatic carbocycles. The molecule has 2 rings (SSSR count). The number of aromatic nitrogens is 1. The number of nitrogens with zero attached hydrogens (tertiary/aromatic N) is 2. The normalized spacial score (nSPS) is 20.1. The molecule has 1 saturated heterocycles. The Bertz CT molecular complexity index is 608. The van der Waals surface area contributed by atoms with Gasteiger partial charge in [0.1, 0.15) is 10.6 Å². The second-order valence-corrected chi connectivity index (χ2v) is 6.70. The molecule has 0 unspecified atom stereocenters. The predicted octanol–water partition coefficient (Wildman–Crippen LogP) is -0.206. The topological polar surface area (TPSA) is 80.6 Å². The number of carbonyl (C=O) groups is 1. The Balaban J connectivity index is 2.27. The number of morpholine rings is 1. The van der Waals surface area contributed by atoms with Crippen LogP contribution < -0.4 is 4.72 Å². The number of hydrogen-bond donors (Lipinski definition) is 1. The summed E-state index contributed by atoms with van der Waals surface area (Å²) in [6.07, 6.45) is 1.43. The summed E-state index contributed by atoms with van der Waals surface area (Å²) in [6, 6.07) is 1.40. The molecular weight excluding hydrogens is 282 g/mol. The zero-order valence-corrected chi connectivity index (χ0v) is 12.6. The van der Waals surface area contributed by atoms with Crippen molar-refractivity contribution in [1.82, 2.24) is 14.2 Å². The van der Waals surface area contributed by atoms with Crippen LogP contribution in [0.1, 0.15) is 17.4 Å². The monoisotopic (exact) mass is 301 g/mol. The second kappa shape index (κ2) is 5.55. The predicted molar refractivity (Wildman–Crippen MR) is 73.0 cm³/mol. The van der Waals surface area contributed by atoms with Crippen LogP contribution in [0.15, 0.2) is 17.2 Å². The molecule has 112 valence electrons. The smallest absolute Gasteiger partial charge is 0.270 e. The van der Waals surface area contributed by atoms with Gasteiger partial charge in [0.25, 0.3) is 5.91 Å². The standard InChI is InChI=1S/C12H19N3O4S/c1-9-7-15(4-5-19-9)12(16)11-6-10(8-14(11)3)20(17,18)13-2/h6,8-9,13H,4-5,7H2,1-3H3/t9-/m0/s1. The third-order valence-electron chi connectivity index (χ3n) is 3.31. The first kappa shape index (κ1) is 15.0. The van der Waals surface area contributed by atoms with E-state index in [2.05, 4.69) is 4.72 Å². The Hall–Kier alpha value is -1.38. The van der Waals surface area contributed by atoms with Crippen molar-refractivity contribution in [1.29, 1.82) is 0 Å². The highest BCUT2D eigenvalue weighted by Crippen LogP contribution is 2.16. The third kappa shape index (κ3) is 2.87. The van der Waals surface area contributed by atoms with Gasteiger partial charge in [-0.15, -0.1) is 0 Å². The van der Waals surface area contributed by atoms with Crippen LogP contribution in [0.4, 0.5) is 0 Å². The molecule has 1 N–H and O–H groups in total. The van der Waals surface area contributed by atoms with Gasteiger partial charge in [0.15, 0.2) is 0 Å². The summed E-state index contributed by atoms with van der Waals surface area (Å²) >= 11 is 0. The van der Waals surface area contributed by atoms with E-state index >= 15 is 0 Å². The maximum atomic E-state index is 12.4. The van der Waals surface area contributed by atoms with E-state index in [1.54, 1.807) is 11.9 Å². The Kier molecular flexibility index (Phi) is 4.17. The van der Waals surface area contributed by atoms with Gasteiger partial charge in [-0.3, -0.25) is 4.79 Å². The zero-order chi connectivity index (χ0) is 14.9. The van der Waals surface area contributed by atoms with Crippen molar-refractivity contribution in [3.05, 3.63) is 18.0 Å². The highest BCUT2D eigenvalue weighted by Gasteiger charge is 2.26. The van der Waals surface area contributed by atoms with Crippen LogP contribution in [0, 0.1) is 0 Å². The van der Waals surface area contributed by atoms with Gasteiger partial charge >= 0.3 is 0 Å². The SMILES string of the molecule is CNS(=O)(=O)c1cc(C(=O)N2CCO[C@@H](C)C2)n(C)c1. The van der Waals surface area contributed by atoms with Gasteiger partial charge in [-0.2, -0.15) is 0 Å². The third-order valence-corrected chi connectivity index (χ3v) is 4.69. The first-order valence-electron chi connectivity index (χ1n) is 6.36. The van der Waals surface area contributed by atoms with E-state index in [0.717, 1.165) is 0 Å². The summed E-state index contributed by atoms with van der Waals surface area (Å²) in [5.41, 5.74) is 0.355. The number of ether oxygens (including phenoxy) is 1. The highest BCUT2D eigenvalue weighted by molar-refractivity contribution is 7.89. The lowest BCUT2D eigenvalue weighted by Crippen LogP contribution is -2.45. The Morgan fingerprint density at radius 2 is 2.20 bits per heavy atom. The van der Waals surface area contributed by atoms with Crippen molar-refractivity contribution < 1.29 is 17.9 Å². The molecule has 1 aliphatic rings. The van der Waals surface area contributed by atoms with Gasteiger partial charge in [-0.05, 0) is 20.0 Å². The van der Waals surface area contributed by atoms with Crippen molar-refractivity contribution in [3.8, 4) is 0 Å². The molecule has 0 aliphatic carbocycles. The average molecular weight is 301 g/mol. The van der Waals surface area contributed by atoms with Crippen molar-refractivity contribution in [3.63, 3.8) is 0 Å². The lowest BCUT2D eigenvalue weighted by Gasteiger charge is -2.31. The number of hydrogen-bond acceptors (Lipinski definition) is 4. The quantitative estimate of drug-likeness (QED) is 0.838. The lowest BCUT2D eigenvalue weighted by molar-refractivity contribution is -0.0127. The summed E-state index contributed by atoms with van der Waals surface area (Å²) in [4.78, 5) is 14.2. The molecule has 2 heterocycles. The van der Waals surface area contributed by atoms with E-state index in [-0.39, 0.29) is 16.9 Å². The molecule has 8 heteroatoms. The molecule has 1 aromatic rings. The van der Waals surface area contributed by atoms with E-state index in [0.29, 0.717) is 25.4 Å². The van der Waals surface area contributed by atoms with Gasteiger partial charge in [0, 0.05) is 26.3 Å². The largest absolute Gasteiger partial charge is 0.375 e. The van der Waals surface area contributed by atoms with Crippen LogP contribution in [0.3, 0.4) is 0 Å². The molecule has 1 fully saturated rings. The fraction of sp³-hybridized carbons (Fsp3) is 0.583. The van der Waals surface area contributed by atoms with Gasteiger partial charge < -0.3 is 14.2 Å². The fourth-order valence-electron chi connectivity index (χ4n) is 2.18. The molecule has 0 spiro atoms. The number of rotatable bonds is 3. The summed E-state index contributed by atoms with van der Waals surface area (Å²) in [6.45, 7) is 3.43. The zero-order valence-electron chi connectivity index (χ0n) is 11.8. The van der Waals surface area contributed by atoms with E-state index in [1.807, 2.05) is 6.92 Å². The molecule has 1 atom stereocenters. The number of sulfonamides is 1. The number of nitrogens with one attached hydrogen (secondary N) is 1. The van der Waals surface area contributed by atoms with Crippen molar-refractivity contribution in [2.24, 2.45) is 7.05 Å². The fourth-order valence-corrected chi connectivity index (χ4v) is 2.98. The highest BCUT2D eigenvalue weighted by atomic mass is 32.2. The Labute approximate surface area is 118 Å². The van der Waals surface area contributed by atoms with E-state index in [4.69, 9.17) is 4.74 Å². The molecule has 0 saturated carbocycles. The van der Waals surface area contributed by atoms with Gasteiger partial charge in [-0.1, -0.05) is 0 Å². The minimum atomic E-state index is -3.54. The van der Waals surface area contributed by atoms with Crippen LogP contribution in [0.25, 0.3) is 0 Å². The number of amides is 1. The van der Waals surface area contributed by atoms with Crippen LogP contribution in [-0.2, 0) is 21.8 Å². The molecule has 1 amide bonds. The summed E-state index contributed by atoms with van der Waals surface area (Å²) in [7, 11) is -0.542. The number of aryl methyl sites for hydroxylation is 1. The average Bonchev–Trinajstić information content (AvgIpc) is 2.81.